The zero-order valence-corrected chi connectivity index (χ0v) is 55.5. The highest BCUT2D eigenvalue weighted by atomic mass is 16.6. The van der Waals surface area contributed by atoms with Gasteiger partial charge in [-0.05, 0) is 68.0 Å². The summed E-state index contributed by atoms with van der Waals surface area (Å²) in [4.78, 5) is 162. The molecule has 518 valence electrons. The van der Waals surface area contributed by atoms with E-state index in [1.165, 1.54) is 51.1 Å². The van der Waals surface area contributed by atoms with Crippen LogP contribution in [0, 0.1) is 0 Å². The van der Waals surface area contributed by atoms with Crippen LogP contribution in [0.25, 0.3) is 21.3 Å². The summed E-state index contributed by atoms with van der Waals surface area (Å²) in [5.74, 6) is -11.0. The van der Waals surface area contributed by atoms with E-state index in [0.717, 1.165) is 56.4 Å². The van der Waals surface area contributed by atoms with Crippen LogP contribution >= 0.6 is 0 Å². The molecule has 6 atom stereocenters. The molecular weight excluding hydrogens is 1260 g/mol. The van der Waals surface area contributed by atoms with Crippen molar-refractivity contribution in [1.29, 1.82) is 0 Å². The number of hydrogen-bond donors (Lipinski definition) is 9. The van der Waals surface area contributed by atoms with Crippen molar-refractivity contribution in [1.82, 2.24) is 42.2 Å². The highest BCUT2D eigenvalue weighted by molar-refractivity contribution is 6.03. The topological polar surface area (TPSA) is 384 Å². The predicted molar refractivity (Wildman–Crippen MR) is 364 cm³/mol. The van der Waals surface area contributed by atoms with Crippen LogP contribution in [-0.4, -0.2) is 130 Å². The standard InChI is InChI=1S/C72H85N11O15/c1-7-9-10-11-12-13-23-38-60(85)76-55(40-47-44-74-53-36-26-24-34-51(47)53)65(90)77-56(42-61(86)81-72(48-28-17-14-18-29-48,49-30-19-15-20-31-49)50-32-21-16-22-33-50)66(91)78-57(43-63(89)98-71(4,5)6)67(92)80-64(68(93)75-45-62(87)88)46(3)97-69(94)58(79-70(95)96-39-8-2)41-59(84)52-35-25-27-37-54(52)82-83-73/h8,14-22,24-37,44,46,55-58,64,74H,2,7,9-13,23,38-43,45H2,1,3-6H3,(H,75,93)(H,76,85)(H,77,90)(H,78,91)(H,79,95)(H,80,92)(H,81,86)(H,87,88)/t46-,55+,56+,57+,58+,64+/m1/s1. The minimum absolute atomic E-state index is 0.0595. The zero-order chi connectivity index (χ0) is 71.2. The van der Waals surface area contributed by atoms with Crippen molar-refractivity contribution >= 4 is 81.8 Å². The van der Waals surface area contributed by atoms with Gasteiger partial charge in [0.1, 0.15) is 60.6 Å². The van der Waals surface area contributed by atoms with Crippen molar-refractivity contribution in [2.45, 2.75) is 159 Å². The number of unbranched alkanes of at least 4 members (excludes halogenated alkanes) is 6. The smallest absolute Gasteiger partial charge is 0.408 e. The van der Waals surface area contributed by atoms with Gasteiger partial charge in [0.05, 0.1) is 12.8 Å². The maximum atomic E-state index is 15.5. The number of fused-ring (bicyclic) bond motifs is 1. The lowest BCUT2D eigenvalue weighted by molar-refractivity contribution is -0.157. The molecule has 0 aliphatic carbocycles. The second-order valence-electron chi connectivity index (χ2n) is 24.2. The summed E-state index contributed by atoms with van der Waals surface area (Å²) < 4.78 is 16.3. The fourth-order valence-electron chi connectivity index (χ4n) is 10.9. The maximum absolute atomic E-state index is 15.5. The molecule has 0 saturated carbocycles. The first-order valence-electron chi connectivity index (χ1n) is 32.3. The largest absolute Gasteiger partial charge is 0.480 e. The van der Waals surface area contributed by atoms with Gasteiger partial charge in [-0.15, -0.1) is 0 Å². The van der Waals surface area contributed by atoms with E-state index < -0.39 is 138 Å². The number of carboxylic acids is 1. The number of aromatic nitrogens is 1. The molecule has 0 bridgehead atoms. The lowest BCUT2D eigenvalue weighted by atomic mass is 9.77. The lowest BCUT2D eigenvalue weighted by Gasteiger charge is -2.37. The molecule has 26 nitrogen and oxygen atoms in total. The summed E-state index contributed by atoms with van der Waals surface area (Å²) in [6, 6.07) is 30.3. The number of esters is 2. The number of ether oxygens (including phenoxy) is 3. The Kier molecular flexibility index (Phi) is 29.3. The van der Waals surface area contributed by atoms with Crippen molar-refractivity contribution in [3.05, 3.63) is 197 Å². The van der Waals surface area contributed by atoms with Crippen LogP contribution in [-0.2, 0) is 69.3 Å². The maximum Gasteiger partial charge on any atom is 0.408 e. The quantitative estimate of drug-likeness (QED) is 0.00201. The zero-order valence-electron chi connectivity index (χ0n) is 55.5. The van der Waals surface area contributed by atoms with Gasteiger partial charge in [-0.1, -0.05) is 197 Å². The Morgan fingerprint density at radius 3 is 1.78 bits per heavy atom. The fraction of sp³-hybridized carbons (Fsp3) is 0.375. The summed E-state index contributed by atoms with van der Waals surface area (Å²) in [7, 11) is 0. The third kappa shape index (κ3) is 23.1. The second-order valence-corrected chi connectivity index (χ2v) is 24.2. The van der Waals surface area contributed by atoms with E-state index in [0.29, 0.717) is 28.7 Å². The Hall–Kier alpha value is -11.1. The molecular formula is C72H85N11O15. The molecule has 0 spiro atoms. The lowest BCUT2D eigenvalue weighted by Crippen LogP contribution is -2.61. The van der Waals surface area contributed by atoms with Gasteiger partial charge in [0.25, 0.3) is 0 Å². The Bertz CT molecular complexity index is 3700. The van der Waals surface area contributed by atoms with E-state index in [4.69, 9.17) is 19.7 Å². The van der Waals surface area contributed by atoms with Crippen LogP contribution in [0.3, 0.4) is 0 Å². The van der Waals surface area contributed by atoms with Gasteiger partial charge in [0.2, 0.25) is 35.4 Å². The first-order valence-corrected chi connectivity index (χ1v) is 32.3. The molecule has 6 rings (SSSR count). The van der Waals surface area contributed by atoms with Gasteiger partial charge in [-0.2, -0.15) is 0 Å². The molecule has 7 amide bonds. The summed E-state index contributed by atoms with van der Waals surface area (Å²) in [5.41, 5.74) is 9.33. The Morgan fingerprint density at radius 2 is 1.18 bits per heavy atom. The average Bonchev–Trinajstić information content (AvgIpc) is 0.897. The molecule has 98 heavy (non-hydrogen) atoms. The fourth-order valence-corrected chi connectivity index (χ4v) is 10.9. The number of carbonyl (C=O) groups is 11. The third-order valence-electron chi connectivity index (χ3n) is 15.6. The van der Waals surface area contributed by atoms with Crippen molar-refractivity contribution in [2.24, 2.45) is 5.11 Å². The van der Waals surface area contributed by atoms with E-state index in [-0.39, 0.29) is 30.7 Å². The number of aliphatic carboxylic acids is 1. The molecule has 26 heteroatoms. The summed E-state index contributed by atoms with van der Waals surface area (Å²) in [6.07, 6.45) is 3.41. The van der Waals surface area contributed by atoms with Gasteiger partial charge in [-0.3, -0.25) is 43.2 Å². The number of ketones is 1. The number of aromatic amines is 1. The molecule has 0 fully saturated rings. The summed E-state index contributed by atoms with van der Waals surface area (Å²) in [6.45, 7) is 9.85. The van der Waals surface area contributed by atoms with Crippen molar-refractivity contribution in [3.8, 4) is 0 Å². The van der Waals surface area contributed by atoms with E-state index in [1.54, 1.807) is 103 Å². The van der Waals surface area contributed by atoms with Gasteiger partial charge in [-0.25, -0.2) is 9.59 Å². The first-order chi connectivity index (χ1) is 47.0. The molecule has 0 unspecified atom stereocenters. The molecule has 0 aliphatic rings. The summed E-state index contributed by atoms with van der Waals surface area (Å²) in [5, 5.41) is 31.7. The number of hydrogen-bond acceptors (Lipinski definition) is 15. The van der Waals surface area contributed by atoms with Crippen molar-refractivity contribution in [3.63, 3.8) is 0 Å². The molecule has 9 N–H and O–H groups in total. The van der Waals surface area contributed by atoms with Gasteiger partial charge in [0, 0.05) is 52.5 Å². The third-order valence-corrected chi connectivity index (χ3v) is 15.6. The summed E-state index contributed by atoms with van der Waals surface area (Å²) >= 11 is 0. The Balaban J connectivity index is 1.41. The average molecular weight is 1340 g/mol. The highest BCUT2D eigenvalue weighted by Gasteiger charge is 2.42. The minimum atomic E-state index is -2.11. The number of H-pyrrole nitrogens is 1. The molecule has 6 aromatic rings. The van der Waals surface area contributed by atoms with E-state index in [9.17, 15) is 38.7 Å². The highest BCUT2D eigenvalue weighted by Crippen LogP contribution is 2.37. The van der Waals surface area contributed by atoms with Crippen LogP contribution < -0.4 is 37.2 Å². The van der Waals surface area contributed by atoms with Crippen LogP contribution in [0.15, 0.2) is 163 Å². The number of rotatable bonds is 38. The Labute approximate surface area is 567 Å². The second kappa shape index (κ2) is 37.8. The number of benzene rings is 5. The van der Waals surface area contributed by atoms with Gasteiger partial charge >= 0.3 is 24.0 Å². The number of para-hydroxylation sites is 1. The molecule has 0 radical (unpaired) electrons. The number of alkyl carbamates (subject to hydrolysis) is 1. The van der Waals surface area contributed by atoms with Crippen LogP contribution in [0.4, 0.5) is 10.5 Å². The number of carbonyl (C=O) groups excluding carboxylic acids is 10. The van der Waals surface area contributed by atoms with Crippen LogP contribution in [0.5, 0.6) is 0 Å². The molecule has 0 saturated heterocycles. The van der Waals surface area contributed by atoms with E-state index >= 15 is 19.2 Å². The van der Waals surface area contributed by atoms with Crippen LogP contribution in [0.2, 0.25) is 0 Å². The van der Waals surface area contributed by atoms with Gasteiger partial charge < -0.3 is 61.5 Å². The first kappa shape index (κ1) is 75.9. The Morgan fingerprint density at radius 1 is 0.633 bits per heavy atom. The molecule has 0 aliphatic heterocycles. The number of Topliss-reactive ketones (excluding diaryl/α,β-unsaturated/α-hetero) is 1. The number of nitrogens with one attached hydrogen (secondary N) is 8. The van der Waals surface area contributed by atoms with E-state index in [1.807, 2.05) is 18.2 Å². The number of nitrogens with zero attached hydrogens (tertiary/aromatic N) is 3. The molecule has 1 heterocycles. The normalized spacial score (nSPS) is 13.0. The number of azide groups is 1. The molecule has 5 aromatic carbocycles. The minimum Gasteiger partial charge on any atom is -0.480 e. The van der Waals surface area contributed by atoms with Crippen LogP contribution in [0.1, 0.15) is 138 Å². The number of amides is 7. The predicted octanol–water partition coefficient (Wildman–Crippen LogP) is 8.65. The SMILES string of the molecule is C=CCOC(=O)N[C@@H](CC(=O)c1ccccc1N=[N+]=[N-])C(=O)O[C@H](C)[C@H](NC(=O)[C@H](CC(=O)OC(C)(C)C)NC(=O)[C@H](CC(=O)NC(c1ccccc1)(c1ccccc1)c1ccccc1)NC(=O)[C@H](Cc1c[nH]c2ccccc12)NC(=O)CCCCCCCCC)C(=O)NCC(=O)O. The van der Waals surface area contributed by atoms with Crippen molar-refractivity contribution < 1.29 is 72.1 Å². The van der Waals surface area contributed by atoms with Crippen molar-refractivity contribution in [2.75, 3.05) is 13.2 Å². The van der Waals surface area contributed by atoms with Gasteiger partial charge in [0.15, 0.2) is 5.78 Å². The molecule has 1 aromatic heterocycles. The van der Waals surface area contributed by atoms with E-state index in [2.05, 4.69) is 65.7 Å². The monoisotopic (exact) mass is 1340 g/mol. The number of carboxylic acid groups (broad SMARTS) is 1.